The third kappa shape index (κ3) is 1.70. The summed E-state index contributed by atoms with van der Waals surface area (Å²) in [6.07, 6.45) is 0.637. The summed E-state index contributed by atoms with van der Waals surface area (Å²) >= 11 is 0. The highest BCUT2D eigenvalue weighted by atomic mass is 16.5. The van der Waals surface area contributed by atoms with Crippen LogP contribution in [0.4, 0.5) is 0 Å². The van der Waals surface area contributed by atoms with E-state index in [1.807, 2.05) is 13.0 Å². The lowest BCUT2D eigenvalue weighted by Gasteiger charge is -2.25. The second-order valence-corrected chi connectivity index (χ2v) is 3.79. The molecule has 1 atom stereocenters. The Bertz CT molecular complexity index is 404. The largest absolute Gasteiger partial charge is 0.535 e. The third-order valence-electron chi connectivity index (χ3n) is 2.59. The fraction of sp³-hybridized carbons (Fsp3) is 0.300. The van der Waals surface area contributed by atoms with Gasteiger partial charge in [0, 0.05) is 5.82 Å². The lowest BCUT2D eigenvalue weighted by molar-refractivity contribution is 0.0694. The normalized spacial score (nSPS) is 19.3. The van der Waals surface area contributed by atoms with E-state index in [2.05, 4.69) is 0 Å². The first-order valence-electron chi connectivity index (χ1n) is 4.79. The highest BCUT2D eigenvalue weighted by molar-refractivity contribution is 6.46. The minimum absolute atomic E-state index is 0.0125. The Kier molecular flexibility index (Phi) is 2.40. The molecule has 0 bridgehead atoms. The van der Waals surface area contributed by atoms with Gasteiger partial charge >= 0.3 is 13.1 Å². The van der Waals surface area contributed by atoms with Crippen LogP contribution in [0.3, 0.4) is 0 Å². The molecule has 5 heteroatoms. The summed E-state index contributed by atoms with van der Waals surface area (Å²) in [5.41, 5.74) is 0.950. The van der Waals surface area contributed by atoms with E-state index in [0.717, 1.165) is 5.56 Å². The van der Waals surface area contributed by atoms with E-state index in [-0.39, 0.29) is 11.4 Å². The van der Waals surface area contributed by atoms with Gasteiger partial charge in [-0.05, 0) is 18.1 Å². The third-order valence-corrected chi connectivity index (χ3v) is 2.59. The second kappa shape index (κ2) is 3.58. The predicted octanol–water partition coefficient (Wildman–Crippen LogP) is 1.19. The Hall–Kier alpha value is -1.49. The Morgan fingerprint density at radius 3 is 3.00 bits per heavy atom. The molecular weight excluding hydrogens is 195 g/mol. The number of fused-ring (bicyclic) bond motifs is 1. The van der Waals surface area contributed by atoms with Gasteiger partial charge in [-0.1, -0.05) is 19.1 Å². The van der Waals surface area contributed by atoms with Gasteiger partial charge in [0.1, 0.15) is 5.75 Å². The zero-order valence-corrected chi connectivity index (χ0v) is 8.30. The second-order valence-electron chi connectivity index (χ2n) is 3.79. The minimum atomic E-state index is -1.03. The van der Waals surface area contributed by atoms with Crippen molar-refractivity contribution in [2.75, 3.05) is 0 Å². The van der Waals surface area contributed by atoms with Gasteiger partial charge < -0.3 is 14.8 Å². The first-order chi connectivity index (χ1) is 7.09. The Morgan fingerprint density at radius 1 is 1.60 bits per heavy atom. The molecule has 1 aliphatic rings. The predicted molar refractivity (Wildman–Crippen MR) is 55.1 cm³/mol. The fourth-order valence-electron chi connectivity index (χ4n) is 1.74. The molecule has 2 N–H and O–H groups in total. The lowest BCUT2D eigenvalue weighted by Crippen LogP contribution is -2.33. The van der Waals surface area contributed by atoms with E-state index >= 15 is 0 Å². The van der Waals surface area contributed by atoms with Crippen LogP contribution in [0, 0.1) is 0 Å². The van der Waals surface area contributed by atoms with E-state index in [9.17, 15) is 9.82 Å². The topological polar surface area (TPSA) is 66.8 Å². The molecule has 78 valence electrons. The minimum Gasteiger partial charge on any atom is -0.535 e. The van der Waals surface area contributed by atoms with Crippen LogP contribution in [0.1, 0.15) is 22.8 Å². The van der Waals surface area contributed by atoms with Gasteiger partial charge in [0.25, 0.3) is 0 Å². The Morgan fingerprint density at radius 2 is 2.33 bits per heavy atom. The van der Waals surface area contributed by atoms with Crippen LogP contribution in [0.25, 0.3) is 0 Å². The summed E-state index contributed by atoms with van der Waals surface area (Å²) in [6.45, 7) is 1.86. The zero-order chi connectivity index (χ0) is 11.0. The smallest absolute Gasteiger partial charge is 0.525 e. The Balaban J connectivity index is 2.48. The van der Waals surface area contributed by atoms with Crippen molar-refractivity contribution in [3.8, 4) is 5.75 Å². The fourth-order valence-corrected chi connectivity index (χ4v) is 1.74. The monoisotopic (exact) mass is 206 g/mol. The van der Waals surface area contributed by atoms with Crippen molar-refractivity contribution in [3.05, 3.63) is 29.3 Å². The van der Waals surface area contributed by atoms with E-state index in [1.54, 1.807) is 6.07 Å². The number of hydrogen-bond donors (Lipinski definition) is 2. The van der Waals surface area contributed by atoms with Gasteiger partial charge in [-0.3, -0.25) is 0 Å². The van der Waals surface area contributed by atoms with Gasteiger partial charge in [0.05, 0.1) is 5.56 Å². The van der Waals surface area contributed by atoms with Crippen molar-refractivity contribution in [1.82, 2.24) is 0 Å². The molecule has 4 nitrogen and oxygen atoms in total. The van der Waals surface area contributed by atoms with E-state index in [0.29, 0.717) is 12.2 Å². The number of carbonyl (C=O) groups is 1. The van der Waals surface area contributed by atoms with E-state index in [1.165, 1.54) is 6.07 Å². The molecule has 15 heavy (non-hydrogen) atoms. The van der Waals surface area contributed by atoms with Crippen LogP contribution in [0.2, 0.25) is 5.82 Å². The van der Waals surface area contributed by atoms with Crippen LogP contribution >= 0.6 is 0 Å². The van der Waals surface area contributed by atoms with E-state index in [4.69, 9.17) is 9.76 Å². The number of aromatic carboxylic acids is 1. The molecule has 0 aliphatic carbocycles. The first-order valence-corrected chi connectivity index (χ1v) is 4.79. The molecule has 1 aliphatic heterocycles. The summed E-state index contributed by atoms with van der Waals surface area (Å²) in [7, 11) is -0.919. The molecule has 0 radical (unpaired) electrons. The van der Waals surface area contributed by atoms with Gasteiger partial charge in [0.15, 0.2) is 0 Å². The number of carboxylic acids is 1. The number of benzene rings is 1. The van der Waals surface area contributed by atoms with Crippen LogP contribution in [-0.2, 0) is 6.42 Å². The van der Waals surface area contributed by atoms with Gasteiger partial charge in [0.2, 0.25) is 0 Å². The quantitative estimate of drug-likeness (QED) is 0.677. The first kappa shape index (κ1) is 10.0. The highest BCUT2D eigenvalue weighted by Crippen LogP contribution is 2.34. The molecule has 0 amide bonds. The van der Waals surface area contributed by atoms with Gasteiger partial charge in [-0.2, -0.15) is 0 Å². The van der Waals surface area contributed by atoms with Crippen LogP contribution in [0.15, 0.2) is 18.2 Å². The Labute approximate surface area is 87.6 Å². The summed E-state index contributed by atoms with van der Waals surface area (Å²) in [4.78, 5) is 10.9. The van der Waals surface area contributed by atoms with Crippen molar-refractivity contribution in [3.63, 3.8) is 0 Å². The molecular formula is C10H11BO4. The maximum absolute atomic E-state index is 10.9. The van der Waals surface area contributed by atoms with Gasteiger partial charge in [-0.15, -0.1) is 0 Å². The zero-order valence-electron chi connectivity index (χ0n) is 8.30. The molecule has 2 rings (SSSR count). The number of carboxylic acid groups (broad SMARTS) is 1. The maximum Gasteiger partial charge on any atom is 0.525 e. The maximum atomic E-state index is 10.9. The molecule has 0 fully saturated rings. The average molecular weight is 206 g/mol. The van der Waals surface area contributed by atoms with Crippen molar-refractivity contribution in [1.29, 1.82) is 0 Å². The number of hydrogen-bond acceptors (Lipinski definition) is 3. The summed E-state index contributed by atoms with van der Waals surface area (Å²) < 4.78 is 5.21. The standard InChI is InChI=1S/C10H11BO4/c1-6-5-7-3-2-4-8(10(12)13)9(7)15-11(6)14/h2-4,6,14H,5H2,1H3,(H,12,13)/t6-/m0/s1. The number of para-hydroxylation sites is 1. The van der Waals surface area contributed by atoms with Gasteiger partial charge in [-0.25, -0.2) is 4.79 Å². The van der Waals surface area contributed by atoms with Crippen molar-refractivity contribution >= 4 is 13.1 Å². The van der Waals surface area contributed by atoms with Crippen molar-refractivity contribution in [2.24, 2.45) is 0 Å². The molecule has 1 aromatic carbocycles. The molecule has 0 aromatic heterocycles. The molecule has 1 heterocycles. The van der Waals surface area contributed by atoms with Crippen molar-refractivity contribution < 1.29 is 19.6 Å². The van der Waals surface area contributed by atoms with Crippen LogP contribution < -0.4 is 4.65 Å². The summed E-state index contributed by atoms with van der Waals surface area (Å²) in [5.74, 6) is -0.745. The highest BCUT2D eigenvalue weighted by Gasteiger charge is 2.33. The van der Waals surface area contributed by atoms with Crippen molar-refractivity contribution in [2.45, 2.75) is 19.2 Å². The van der Waals surface area contributed by atoms with Crippen LogP contribution in [0.5, 0.6) is 5.75 Å². The van der Waals surface area contributed by atoms with E-state index < -0.39 is 13.1 Å². The number of rotatable bonds is 1. The summed E-state index contributed by atoms with van der Waals surface area (Å²) in [6, 6.07) is 4.99. The molecule has 0 saturated carbocycles. The summed E-state index contributed by atoms with van der Waals surface area (Å²) in [5, 5.41) is 18.4. The molecule has 1 aromatic rings. The van der Waals surface area contributed by atoms with Crippen LogP contribution in [-0.4, -0.2) is 23.2 Å². The SMILES string of the molecule is C[C@H]1Cc2cccc(C(=O)O)c2OB1O. The molecule has 0 unspecified atom stereocenters. The average Bonchev–Trinajstić information content (AvgIpc) is 2.18. The molecule has 0 saturated heterocycles. The lowest BCUT2D eigenvalue weighted by atomic mass is 9.68. The molecule has 0 spiro atoms.